The maximum Gasteiger partial charge on any atom is 0.263 e. The number of sulfonamides is 2. The molecule has 0 atom stereocenters. The summed E-state index contributed by atoms with van der Waals surface area (Å²) in [4.78, 5) is 9.71. The van der Waals surface area contributed by atoms with Crippen LogP contribution in [-0.2, 0) is 30.9 Å². The van der Waals surface area contributed by atoms with Gasteiger partial charge >= 0.3 is 0 Å². The average Bonchev–Trinajstić information content (AvgIpc) is 3.53. The van der Waals surface area contributed by atoms with Crippen LogP contribution in [0.25, 0.3) is 0 Å². The highest BCUT2D eigenvalue weighted by atomic mass is 32.2. The molecule has 0 fully saturated rings. The zero-order valence-electron chi connectivity index (χ0n) is 23.8. The molecule has 2 aromatic heterocycles. The SMILES string of the molecule is CC(C)(C)c1nc(NS(=O)(=O)c2ccccc2)sc1C#N.CC(C)(C)c1nc(NS(=O)(=O)c2ccccc2)sc1C#N. The van der Waals surface area contributed by atoms with Crippen LogP contribution in [0.2, 0.25) is 0 Å². The first-order valence-corrected chi connectivity index (χ1v) is 17.1. The van der Waals surface area contributed by atoms with E-state index in [2.05, 4.69) is 31.6 Å². The summed E-state index contributed by atoms with van der Waals surface area (Å²) in [5.74, 6) is 0. The molecule has 0 unspecified atom stereocenters. The zero-order chi connectivity index (χ0) is 31.3. The van der Waals surface area contributed by atoms with Crippen molar-refractivity contribution in [1.29, 1.82) is 10.5 Å². The Kier molecular flexibility index (Phi) is 9.80. The number of rotatable bonds is 6. The van der Waals surface area contributed by atoms with Crippen molar-refractivity contribution in [3.8, 4) is 12.1 Å². The molecule has 2 aromatic carbocycles. The van der Waals surface area contributed by atoms with E-state index in [1.807, 2.05) is 41.5 Å². The van der Waals surface area contributed by atoms with Crippen LogP contribution in [-0.4, -0.2) is 26.8 Å². The molecule has 0 spiro atoms. The van der Waals surface area contributed by atoms with E-state index >= 15 is 0 Å². The first-order valence-electron chi connectivity index (χ1n) is 12.5. The predicted octanol–water partition coefficient (Wildman–Crippen LogP) is 6.23. The minimum Gasteiger partial charge on any atom is -0.255 e. The van der Waals surface area contributed by atoms with E-state index in [0.29, 0.717) is 21.1 Å². The van der Waals surface area contributed by atoms with Crippen LogP contribution in [0.15, 0.2) is 70.5 Å². The van der Waals surface area contributed by atoms with E-state index in [0.717, 1.165) is 22.7 Å². The number of benzene rings is 2. The lowest BCUT2D eigenvalue weighted by Crippen LogP contribution is -2.15. The third-order valence-electron chi connectivity index (χ3n) is 5.43. The van der Waals surface area contributed by atoms with Gasteiger partial charge in [-0.2, -0.15) is 10.5 Å². The standard InChI is InChI=1S/2C14H15N3O2S2/c2*1-14(2,3)12-11(9-15)20-13(16-12)17-21(18,19)10-7-5-4-6-8-10/h2*4-8H,1-3H3,(H,16,17). The summed E-state index contributed by atoms with van der Waals surface area (Å²) >= 11 is 2.09. The van der Waals surface area contributed by atoms with E-state index in [1.165, 1.54) is 24.3 Å². The van der Waals surface area contributed by atoms with Crippen molar-refractivity contribution in [2.45, 2.75) is 62.2 Å². The van der Waals surface area contributed by atoms with Crippen molar-refractivity contribution < 1.29 is 16.8 Å². The minimum atomic E-state index is -3.68. The van der Waals surface area contributed by atoms with E-state index in [-0.39, 0.29) is 30.9 Å². The lowest BCUT2D eigenvalue weighted by Gasteiger charge is -2.15. The van der Waals surface area contributed by atoms with E-state index in [4.69, 9.17) is 10.5 Å². The van der Waals surface area contributed by atoms with Crippen LogP contribution in [0, 0.1) is 22.7 Å². The summed E-state index contributed by atoms with van der Waals surface area (Å²) in [5, 5.41) is 18.7. The maximum atomic E-state index is 12.2. The van der Waals surface area contributed by atoms with Crippen LogP contribution >= 0.6 is 22.7 Å². The van der Waals surface area contributed by atoms with Crippen LogP contribution in [0.3, 0.4) is 0 Å². The molecule has 4 aromatic rings. The molecule has 14 heteroatoms. The van der Waals surface area contributed by atoms with Crippen LogP contribution in [0.1, 0.15) is 62.7 Å². The largest absolute Gasteiger partial charge is 0.263 e. The number of hydrogen-bond acceptors (Lipinski definition) is 10. The van der Waals surface area contributed by atoms with Crippen molar-refractivity contribution in [3.05, 3.63) is 81.8 Å². The van der Waals surface area contributed by atoms with Crippen molar-refractivity contribution in [3.63, 3.8) is 0 Å². The summed E-state index contributed by atoms with van der Waals surface area (Å²) in [5.41, 5.74) is 0.553. The smallest absolute Gasteiger partial charge is 0.255 e. The van der Waals surface area contributed by atoms with Crippen LogP contribution in [0.4, 0.5) is 10.3 Å². The number of nitrogens with zero attached hydrogens (tertiary/aromatic N) is 4. The molecule has 0 aliphatic rings. The fourth-order valence-corrected chi connectivity index (χ4v) is 7.90. The topological polar surface area (TPSA) is 166 Å². The van der Waals surface area contributed by atoms with E-state index < -0.39 is 20.0 Å². The second kappa shape index (κ2) is 12.6. The van der Waals surface area contributed by atoms with Crippen molar-refractivity contribution in [2.24, 2.45) is 0 Å². The summed E-state index contributed by atoms with van der Waals surface area (Å²) in [7, 11) is -7.36. The van der Waals surface area contributed by atoms with Gasteiger partial charge in [0.2, 0.25) is 0 Å². The molecular formula is C28H30N6O4S4. The Morgan fingerprint density at radius 1 is 0.619 bits per heavy atom. The third kappa shape index (κ3) is 8.14. The van der Waals surface area contributed by atoms with Crippen molar-refractivity contribution >= 4 is 53.0 Å². The number of nitriles is 2. The Hall–Kier alpha value is -3.82. The minimum absolute atomic E-state index is 0.163. The van der Waals surface area contributed by atoms with Crippen LogP contribution in [0.5, 0.6) is 0 Å². The van der Waals surface area contributed by atoms with E-state index in [1.54, 1.807) is 36.4 Å². The number of aromatic nitrogens is 2. The Labute approximate surface area is 254 Å². The molecule has 0 aliphatic heterocycles. The predicted molar refractivity (Wildman–Crippen MR) is 166 cm³/mol. The molecule has 42 heavy (non-hydrogen) atoms. The molecule has 0 saturated carbocycles. The highest BCUT2D eigenvalue weighted by Gasteiger charge is 2.26. The first-order chi connectivity index (χ1) is 19.5. The number of hydrogen-bond donors (Lipinski definition) is 2. The Bertz CT molecular complexity index is 1700. The Balaban J connectivity index is 0.000000230. The molecule has 0 saturated heterocycles. The highest BCUT2D eigenvalue weighted by Crippen LogP contribution is 2.33. The summed E-state index contributed by atoms with van der Waals surface area (Å²) in [6.45, 7) is 11.6. The van der Waals surface area contributed by atoms with Crippen molar-refractivity contribution in [1.82, 2.24) is 9.97 Å². The van der Waals surface area contributed by atoms with Gasteiger partial charge in [-0.3, -0.25) is 9.44 Å². The van der Waals surface area contributed by atoms with Gasteiger partial charge in [0.15, 0.2) is 10.3 Å². The molecule has 0 bridgehead atoms. The monoisotopic (exact) mass is 642 g/mol. The lowest BCUT2D eigenvalue weighted by atomic mass is 9.91. The molecule has 4 rings (SSSR count). The summed E-state index contributed by atoms with van der Waals surface area (Å²) < 4.78 is 53.8. The number of anilines is 2. The van der Waals surface area contributed by atoms with Gasteiger partial charge in [-0.25, -0.2) is 26.8 Å². The van der Waals surface area contributed by atoms with Gasteiger partial charge in [0.25, 0.3) is 20.0 Å². The average molecular weight is 643 g/mol. The molecule has 0 amide bonds. The lowest BCUT2D eigenvalue weighted by molar-refractivity contribution is 0.571. The molecule has 10 nitrogen and oxygen atoms in total. The number of thiazole rings is 2. The Morgan fingerprint density at radius 3 is 1.17 bits per heavy atom. The van der Waals surface area contributed by atoms with Gasteiger partial charge in [0.1, 0.15) is 21.9 Å². The maximum absolute atomic E-state index is 12.2. The Morgan fingerprint density at radius 2 is 0.929 bits per heavy atom. The molecule has 220 valence electrons. The van der Waals surface area contributed by atoms with Gasteiger partial charge in [-0.1, -0.05) is 101 Å². The molecule has 0 radical (unpaired) electrons. The second-order valence-corrected chi connectivity index (χ2v) is 16.3. The molecule has 0 aliphatic carbocycles. The third-order valence-corrected chi connectivity index (χ3v) is 10.1. The van der Waals surface area contributed by atoms with Gasteiger partial charge in [0.05, 0.1) is 21.2 Å². The molecular weight excluding hydrogens is 613 g/mol. The summed E-state index contributed by atoms with van der Waals surface area (Å²) in [6.07, 6.45) is 0. The van der Waals surface area contributed by atoms with Crippen LogP contribution < -0.4 is 9.44 Å². The zero-order valence-corrected chi connectivity index (χ0v) is 27.1. The summed E-state index contributed by atoms with van der Waals surface area (Å²) in [6, 6.07) is 20.3. The van der Waals surface area contributed by atoms with E-state index in [9.17, 15) is 16.8 Å². The highest BCUT2D eigenvalue weighted by molar-refractivity contribution is 7.93. The van der Waals surface area contributed by atoms with Gasteiger partial charge < -0.3 is 0 Å². The fourth-order valence-electron chi connectivity index (χ4n) is 3.44. The normalized spacial score (nSPS) is 11.9. The van der Waals surface area contributed by atoms with Gasteiger partial charge in [0, 0.05) is 10.8 Å². The fraction of sp³-hybridized carbons (Fsp3) is 0.286. The molecule has 2 N–H and O–H groups in total. The second-order valence-electron chi connectivity index (χ2n) is 11.0. The first kappa shape index (κ1) is 32.7. The van der Waals surface area contributed by atoms with Gasteiger partial charge in [-0.15, -0.1) is 0 Å². The quantitative estimate of drug-likeness (QED) is 0.250. The molecule has 2 heterocycles. The van der Waals surface area contributed by atoms with Crippen molar-refractivity contribution in [2.75, 3.05) is 9.44 Å². The van der Waals surface area contributed by atoms with Gasteiger partial charge in [-0.05, 0) is 24.3 Å². The number of nitrogens with one attached hydrogen (secondary N) is 2.